The lowest BCUT2D eigenvalue weighted by Gasteiger charge is -2.42. The van der Waals surface area contributed by atoms with Crippen LogP contribution in [0.1, 0.15) is 83.3 Å². The molecule has 1 aliphatic carbocycles. The van der Waals surface area contributed by atoms with E-state index in [0.29, 0.717) is 25.7 Å². The summed E-state index contributed by atoms with van der Waals surface area (Å²) in [5, 5.41) is 8.37. The first-order valence-electron chi connectivity index (χ1n) is 13.6. The smallest absolute Gasteiger partial charge is 0.259 e. The quantitative estimate of drug-likeness (QED) is 0.492. The van der Waals surface area contributed by atoms with Crippen LogP contribution in [0.25, 0.3) is 0 Å². The predicted octanol–water partition coefficient (Wildman–Crippen LogP) is 3.92. The number of anilines is 1. The van der Waals surface area contributed by atoms with Gasteiger partial charge in [0.1, 0.15) is 12.2 Å². The van der Waals surface area contributed by atoms with Crippen LogP contribution in [-0.2, 0) is 30.2 Å². The number of nitrogens with zero attached hydrogens (tertiary/aromatic N) is 6. The van der Waals surface area contributed by atoms with Gasteiger partial charge in [0.25, 0.3) is 5.91 Å². The van der Waals surface area contributed by atoms with Crippen LogP contribution in [0, 0.1) is 0 Å². The molecule has 0 bridgehead atoms. The van der Waals surface area contributed by atoms with Crippen LogP contribution >= 0.6 is 0 Å². The number of hydrogen-bond donors (Lipinski definition) is 0. The number of ether oxygens (including phenoxy) is 1. The van der Waals surface area contributed by atoms with Crippen molar-refractivity contribution in [3.8, 4) is 0 Å². The van der Waals surface area contributed by atoms with Gasteiger partial charge in [-0.2, -0.15) is 0 Å². The maximum Gasteiger partial charge on any atom is 0.259 e. The van der Waals surface area contributed by atoms with Gasteiger partial charge in [-0.3, -0.25) is 14.7 Å². The summed E-state index contributed by atoms with van der Waals surface area (Å²) in [5.74, 6) is 1.54. The van der Waals surface area contributed by atoms with E-state index < -0.39 is 0 Å². The predicted molar refractivity (Wildman–Crippen MR) is 140 cm³/mol. The lowest BCUT2D eigenvalue weighted by molar-refractivity contribution is -0.0611. The molecule has 8 nitrogen and oxygen atoms in total. The van der Waals surface area contributed by atoms with E-state index in [1.165, 1.54) is 31.2 Å². The number of likely N-dealkylation sites (tertiary alicyclic amines) is 1. The molecule has 8 heteroatoms. The number of aryl methyl sites for hydroxylation is 1. The number of fused-ring (bicyclic) bond motifs is 1. The number of hydrogen-bond acceptors (Lipinski definition) is 6. The molecule has 2 aromatic heterocycles. The Morgan fingerprint density at radius 1 is 1.16 bits per heavy atom. The SMILES string of the molecule is CC(c1cc2c(c(C3CC3)n1)CN(c1cccc(C3(Cc4nncn4C)COC3)c1)C2=O)N1CCCC1. The van der Waals surface area contributed by atoms with E-state index in [1.54, 1.807) is 6.33 Å². The molecule has 3 aromatic rings. The van der Waals surface area contributed by atoms with Gasteiger partial charge in [-0.25, -0.2) is 0 Å². The minimum absolute atomic E-state index is 0.0959. The van der Waals surface area contributed by atoms with Gasteiger partial charge < -0.3 is 14.2 Å². The molecule has 1 amide bonds. The maximum atomic E-state index is 13.9. The highest BCUT2D eigenvalue weighted by Crippen LogP contribution is 2.45. The fraction of sp³-hybridized carbons (Fsp3) is 0.517. The van der Waals surface area contributed by atoms with Crippen LogP contribution in [0.5, 0.6) is 0 Å². The van der Waals surface area contributed by atoms with E-state index in [-0.39, 0.29) is 17.4 Å². The highest BCUT2D eigenvalue weighted by molar-refractivity contribution is 6.10. The molecule has 0 spiro atoms. The molecule has 37 heavy (non-hydrogen) atoms. The number of benzene rings is 1. The molecule has 3 fully saturated rings. The molecule has 0 N–H and O–H groups in total. The van der Waals surface area contributed by atoms with Crippen molar-refractivity contribution in [2.24, 2.45) is 7.05 Å². The molecule has 192 valence electrons. The molecule has 3 aliphatic heterocycles. The van der Waals surface area contributed by atoms with E-state index in [0.717, 1.165) is 53.5 Å². The van der Waals surface area contributed by atoms with Crippen LogP contribution in [0.2, 0.25) is 0 Å². The minimum atomic E-state index is -0.147. The molecular formula is C29H34N6O2. The Kier molecular flexibility index (Phi) is 5.44. The number of rotatable bonds is 7. The summed E-state index contributed by atoms with van der Waals surface area (Å²) >= 11 is 0. The molecule has 1 unspecified atom stereocenters. The first kappa shape index (κ1) is 23.0. The van der Waals surface area contributed by atoms with Gasteiger partial charge >= 0.3 is 0 Å². The van der Waals surface area contributed by atoms with Gasteiger partial charge in [-0.05, 0) is 69.5 Å². The highest BCUT2D eigenvalue weighted by atomic mass is 16.5. The number of aromatic nitrogens is 4. The molecule has 1 atom stereocenters. The van der Waals surface area contributed by atoms with E-state index >= 15 is 0 Å². The summed E-state index contributed by atoms with van der Waals surface area (Å²) in [6.45, 7) is 6.36. The van der Waals surface area contributed by atoms with Crippen LogP contribution in [0.4, 0.5) is 5.69 Å². The third kappa shape index (κ3) is 3.89. The van der Waals surface area contributed by atoms with Crippen molar-refractivity contribution in [3.63, 3.8) is 0 Å². The summed E-state index contributed by atoms with van der Waals surface area (Å²) in [6.07, 6.45) is 7.34. The van der Waals surface area contributed by atoms with Gasteiger partial charge in [-0.15, -0.1) is 10.2 Å². The highest BCUT2D eigenvalue weighted by Gasteiger charge is 2.43. The second-order valence-corrected chi connectivity index (χ2v) is 11.4. The largest absolute Gasteiger partial charge is 0.379 e. The fourth-order valence-corrected chi connectivity index (χ4v) is 6.27. The Hall–Kier alpha value is -3.10. The van der Waals surface area contributed by atoms with Crippen molar-refractivity contribution in [1.29, 1.82) is 0 Å². The first-order chi connectivity index (χ1) is 18.0. The Bertz CT molecular complexity index is 1350. The zero-order chi connectivity index (χ0) is 25.1. The fourth-order valence-electron chi connectivity index (χ4n) is 6.27. The zero-order valence-electron chi connectivity index (χ0n) is 21.7. The summed E-state index contributed by atoms with van der Waals surface area (Å²) < 4.78 is 7.66. The average Bonchev–Trinajstić information content (AvgIpc) is 3.26. The van der Waals surface area contributed by atoms with Crippen molar-refractivity contribution < 1.29 is 9.53 Å². The van der Waals surface area contributed by atoms with E-state index in [1.807, 2.05) is 16.5 Å². The second kappa shape index (κ2) is 8.74. The molecule has 4 aliphatic rings. The first-order valence-corrected chi connectivity index (χ1v) is 13.6. The minimum Gasteiger partial charge on any atom is -0.379 e. The summed E-state index contributed by atoms with van der Waals surface area (Å²) in [4.78, 5) is 23.5. The lowest BCUT2D eigenvalue weighted by atomic mass is 9.75. The summed E-state index contributed by atoms with van der Waals surface area (Å²) in [5.41, 5.74) is 6.19. The Labute approximate surface area is 217 Å². The van der Waals surface area contributed by atoms with Gasteiger partial charge in [0, 0.05) is 53.4 Å². The number of carbonyl (C=O) groups excluding carboxylic acids is 1. The molecule has 7 rings (SSSR count). The Morgan fingerprint density at radius 2 is 1.97 bits per heavy atom. The third-order valence-corrected chi connectivity index (χ3v) is 8.88. The van der Waals surface area contributed by atoms with Crippen molar-refractivity contribution in [2.45, 2.75) is 62.9 Å². The van der Waals surface area contributed by atoms with E-state index in [4.69, 9.17) is 9.72 Å². The average molecular weight is 499 g/mol. The topological polar surface area (TPSA) is 76.4 Å². The van der Waals surface area contributed by atoms with Crippen LogP contribution in [0.15, 0.2) is 36.7 Å². The number of amides is 1. The maximum absolute atomic E-state index is 13.9. The molecule has 1 saturated carbocycles. The van der Waals surface area contributed by atoms with E-state index in [9.17, 15) is 4.79 Å². The molecular weight excluding hydrogens is 464 g/mol. The van der Waals surface area contributed by atoms with Gasteiger partial charge in [0.15, 0.2) is 0 Å². The van der Waals surface area contributed by atoms with Crippen molar-refractivity contribution >= 4 is 11.6 Å². The number of pyridine rings is 1. The van der Waals surface area contributed by atoms with Crippen molar-refractivity contribution in [3.05, 3.63) is 70.6 Å². The standard InChI is InChI=1S/C29H34N6O2/c1-19(34-10-3-4-11-34)25-13-23-24(27(31-25)20-8-9-20)15-35(28(23)36)22-7-5-6-21(12-22)29(16-37-17-29)14-26-32-30-18-33(26)2/h5-7,12-13,18-20H,3-4,8-11,14-17H2,1-2H3. The van der Waals surface area contributed by atoms with Gasteiger partial charge in [0.2, 0.25) is 0 Å². The normalized spacial score (nSPS) is 21.8. The molecule has 1 aromatic carbocycles. The second-order valence-electron chi connectivity index (χ2n) is 11.4. The third-order valence-electron chi connectivity index (χ3n) is 8.88. The summed E-state index contributed by atoms with van der Waals surface area (Å²) in [6, 6.07) is 10.8. The molecule has 2 saturated heterocycles. The van der Waals surface area contributed by atoms with E-state index in [2.05, 4.69) is 52.4 Å². The van der Waals surface area contributed by atoms with Gasteiger partial charge in [0.05, 0.1) is 25.5 Å². The van der Waals surface area contributed by atoms with Crippen LogP contribution in [0.3, 0.4) is 0 Å². The molecule has 0 radical (unpaired) electrons. The monoisotopic (exact) mass is 498 g/mol. The number of carbonyl (C=O) groups is 1. The lowest BCUT2D eigenvalue weighted by Crippen LogP contribution is -2.49. The summed E-state index contributed by atoms with van der Waals surface area (Å²) in [7, 11) is 1.98. The Morgan fingerprint density at radius 3 is 2.65 bits per heavy atom. The van der Waals surface area contributed by atoms with Crippen molar-refractivity contribution in [2.75, 3.05) is 31.2 Å². The van der Waals surface area contributed by atoms with Crippen molar-refractivity contribution in [1.82, 2.24) is 24.6 Å². The van der Waals surface area contributed by atoms with Gasteiger partial charge in [-0.1, -0.05) is 12.1 Å². The zero-order valence-corrected chi connectivity index (χ0v) is 21.7. The molecule has 5 heterocycles. The van der Waals surface area contributed by atoms with Crippen LogP contribution < -0.4 is 4.90 Å². The van der Waals surface area contributed by atoms with Crippen LogP contribution in [-0.4, -0.2) is 56.9 Å². The Balaban J connectivity index is 1.21.